The highest BCUT2D eigenvalue weighted by Gasteiger charge is 2.27. The van der Waals surface area contributed by atoms with Crippen molar-refractivity contribution < 1.29 is 15.0 Å². The molecule has 2 heterocycles. The van der Waals surface area contributed by atoms with Crippen molar-refractivity contribution in [2.24, 2.45) is 0 Å². The van der Waals surface area contributed by atoms with E-state index in [2.05, 4.69) is 11.8 Å². The van der Waals surface area contributed by atoms with Crippen LogP contribution in [0.15, 0.2) is 11.4 Å². The Hall–Kier alpha value is -1.35. The Balaban J connectivity index is 2.10. The van der Waals surface area contributed by atoms with Gasteiger partial charge in [-0.05, 0) is 31.7 Å². The van der Waals surface area contributed by atoms with Crippen LogP contribution in [0.5, 0.6) is 0 Å². The van der Waals surface area contributed by atoms with Gasteiger partial charge in [-0.3, -0.25) is 4.79 Å². The van der Waals surface area contributed by atoms with Crippen LogP contribution in [0.3, 0.4) is 0 Å². The molecule has 1 aromatic heterocycles. The summed E-state index contributed by atoms with van der Waals surface area (Å²) in [7, 11) is 0. The number of carbonyl (C=O) groups is 1. The Bertz CT molecular complexity index is 513. The molecule has 1 aliphatic heterocycles. The van der Waals surface area contributed by atoms with Crippen LogP contribution >= 0.6 is 11.3 Å². The minimum Gasteiger partial charge on any atom is -0.396 e. The molecule has 1 atom stereocenters. The summed E-state index contributed by atoms with van der Waals surface area (Å²) in [5, 5.41) is 19.6. The molecular weight excluding hydrogens is 274 g/mol. The third kappa shape index (κ3) is 3.60. The summed E-state index contributed by atoms with van der Waals surface area (Å²) in [5.74, 6) is 5.42. The highest BCUT2D eigenvalue weighted by molar-refractivity contribution is 7.10. The van der Waals surface area contributed by atoms with Crippen molar-refractivity contribution in [3.8, 4) is 11.8 Å². The highest BCUT2D eigenvalue weighted by atomic mass is 32.1. The Labute approximate surface area is 123 Å². The number of carbonyl (C=O) groups excluding carboxylic acids is 1. The number of aliphatic hydroxyl groups is 2. The fourth-order valence-electron chi connectivity index (χ4n) is 2.52. The second kappa shape index (κ2) is 7.44. The molecule has 1 unspecified atom stereocenters. The highest BCUT2D eigenvalue weighted by Crippen LogP contribution is 2.23. The van der Waals surface area contributed by atoms with Crippen LogP contribution < -0.4 is 0 Å². The maximum atomic E-state index is 12.5. The first-order chi connectivity index (χ1) is 9.76. The molecule has 1 saturated heterocycles. The summed E-state index contributed by atoms with van der Waals surface area (Å²) < 4.78 is 0. The lowest BCUT2D eigenvalue weighted by Crippen LogP contribution is -2.44. The third-order valence-electron chi connectivity index (χ3n) is 3.49. The fraction of sp³-hybridized carbons (Fsp3) is 0.533. The van der Waals surface area contributed by atoms with E-state index in [1.54, 1.807) is 6.07 Å². The normalized spacial score (nSPS) is 18.5. The number of hydrogen-bond acceptors (Lipinski definition) is 4. The Morgan fingerprint density at radius 3 is 3.05 bits per heavy atom. The van der Waals surface area contributed by atoms with E-state index in [1.165, 1.54) is 11.3 Å². The monoisotopic (exact) mass is 293 g/mol. The minimum absolute atomic E-state index is 0.0245. The van der Waals surface area contributed by atoms with E-state index < -0.39 is 0 Å². The van der Waals surface area contributed by atoms with Crippen molar-refractivity contribution in [3.05, 3.63) is 21.9 Å². The molecule has 0 radical (unpaired) electrons. The van der Waals surface area contributed by atoms with Crippen LogP contribution in [0.1, 0.15) is 40.9 Å². The van der Waals surface area contributed by atoms with Gasteiger partial charge in [-0.2, -0.15) is 0 Å². The maximum absolute atomic E-state index is 12.5. The predicted octanol–water partition coefficient (Wildman–Crippen LogP) is 1.47. The molecule has 0 saturated carbocycles. The number of likely N-dealkylation sites (tertiary alicyclic amines) is 1. The van der Waals surface area contributed by atoms with Crippen molar-refractivity contribution in [1.29, 1.82) is 0 Å². The summed E-state index contributed by atoms with van der Waals surface area (Å²) in [6.07, 6.45) is 3.75. The molecule has 1 fully saturated rings. The third-order valence-corrected chi connectivity index (χ3v) is 4.33. The Kier molecular flexibility index (Phi) is 5.60. The molecule has 0 aromatic carbocycles. The summed E-state index contributed by atoms with van der Waals surface area (Å²) in [4.78, 5) is 15.2. The van der Waals surface area contributed by atoms with Crippen molar-refractivity contribution in [2.45, 2.75) is 31.7 Å². The molecule has 0 bridgehead atoms. The number of thiophene rings is 1. The predicted molar refractivity (Wildman–Crippen MR) is 78.7 cm³/mol. The SMILES string of the molecule is O=C(c1csc(C#CCO)c1)N1CCCCC1CCO. The van der Waals surface area contributed by atoms with E-state index in [4.69, 9.17) is 10.2 Å². The van der Waals surface area contributed by atoms with Crippen molar-refractivity contribution in [3.63, 3.8) is 0 Å². The van der Waals surface area contributed by atoms with Gasteiger partial charge >= 0.3 is 0 Å². The van der Waals surface area contributed by atoms with Crippen LogP contribution in [-0.4, -0.2) is 46.8 Å². The van der Waals surface area contributed by atoms with Crippen LogP contribution in [0.2, 0.25) is 0 Å². The van der Waals surface area contributed by atoms with E-state index in [0.29, 0.717) is 12.0 Å². The molecule has 4 nitrogen and oxygen atoms in total. The van der Waals surface area contributed by atoms with Gasteiger partial charge in [0, 0.05) is 24.6 Å². The lowest BCUT2D eigenvalue weighted by atomic mass is 9.99. The average Bonchev–Trinajstić information content (AvgIpc) is 2.94. The van der Waals surface area contributed by atoms with Gasteiger partial charge in [0.15, 0.2) is 0 Å². The largest absolute Gasteiger partial charge is 0.396 e. The van der Waals surface area contributed by atoms with Gasteiger partial charge in [0.25, 0.3) is 5.91 Å². The van der Waals surface area contributed by atoms with Gasteiger partial charge in [0.2, 0.25) is 0 Å². The molecule has 0 aliphatic carbocycles. The topological polar surface area (TPSA) is 60.8 Å². The quantitative estimate of drug-likeness (QED) is 0.830. The average molecular weight is 293 g/mol. The lowest BCUT2D eigenvalue weighted by molar-refractivity contribution is 0.0575. The zero-order valence-electron chi connectivity index (χ0n) is 11.3. The zero-order valence-corrected chi connectivity index (χ0v) is 12.2. The summed E-state index contributed by atoms with van der Waals surface area (Å²) in [6, 6.07) is 1.92. The second-order valence-electron chi connectivity index (χ2n) is 4.82. The molecule has 108 valence electrons. The first kappa shape index (κ1) is 15.0. The number of piperidine rings is 1. The molecule has 1 aliphatic rings. The van der Waals surface area contributed by atoms with Crippen LogP contribution in [0.4, 0.5) is 0 Å². The van der Waals surface area contributed by atoms with Gasteiger partial charge in [-0.15, -0.1) is 11.3 Å². The molecule has 0 spiro atoms. The van der Waals surface area contributed by atoms with E-state index in [-0.39, 0.29) is 25.2 Å². The standard InChI is InChI=1S/C15H19NO3S/c17-8-3-5-14-10-12(11-20-14)15(19)16-7-2-1-4-13(16)6-9-18/h10-11,13,17-18H,1-2,4,6-9H2. The van der Waals surface area contributed by atoms with Crippen LogP contribution in [0, 0.1) is 11.8 Å². The lowest BCUT2D eigenvalue weighted by Gasteiger charge is -2.35. The number of nitrogens with zero attached hydrogens (tertiary/aromatic N) is 1. The summed E-state index contributed by atoms with van der Waals surface area (Å²) in [5.41, 5.74) is 0.655. The first-order valence-corrected chi connectivity index (χ1v) is 7.74. The maximum Gasteiger partial charge on any atom is 0.254 e. The smallest absolute Gasteiger partial charge is 0.254 e. The van der Waals surface area contributed by atoms with E-state index >= 15 is 0 Å². The van der Waals surface area contributed by atoms with Gasteiger partial charge in [-0.1, -0.05) is 11.8 Å². The van der Waals surface area contributed by atoms with Crippen LogP contribution in [0.25, 0.3) is 0 Å². The summed E-state index contributed by atoms with van der Waals surface area (Å²) in [6.45, 7) is 0.703. The molecule has 2 rings (SSSR count). The fourth-order valence-corrected chi connectivity index (χ4v) is 3.27. The zero-order chi connectivity index (χ0) is 14.4. The number of rotatable bonds is 3. The molecular formula is C15H19NO3S. The number of amides is 1. The molecule has 1 aromatic rings. The van der Waals surface area contributed by atoms with E-state index in [9.17, 15) is 4.79 Å². The molecule has 1 amide bonds. The van der Waals surface area contributed by atoms with Gasteiger partial charge < -0.3 is 15.1 Å². The second-order valence-corrected chi connectivity index (χ2v) is 5.73. The van der Waals surface area contributed by atoms with E-state index in [1.807, 2.05) is 10.3 Å². The number of aliphatic hydroxyl groups excluding tert-OH is 2. The number of hydrogen-bond donors (Lipinski definition) is 2. The summed E-state index contributed by atoms with van der Waals surface area (Å²) >= 11 is 1.41. The Morgan fingerprint density at radius 1 is 1.45 bits per heavy atom. The molecule has 2 N–H and O–H groups in total. The molecule has 5 heteroatoms. The van der Waals surface area contributed by atoms with Crippen molar-refractivity contribution in [1.82, 2.24) is 4.90 Å². The van der Waals surface area contributed by atoms with Gasteiger partial charge in [0.1, 0.15) is 6.61 Å². The van der Waals surface area contributed by atoms with Gasteiger partial charge in [0.05, 0.1) is 10.4 Å². The van der Waals surface area contributed by atoms with Crippen molar-refractivity contribution >= 4 is 17.2 Å². The first-order valence-electron chi connectivity index (χ1n) is 6.86. The Morgan fingerprint density at radius 2 is 2.30 bits per heavy atom. The molecule has 20 heavy (non-hydrogen) atoms. The van der Waals surface area contributed by atoms with E-state index in [0.717, 1.165) is 30.7 Å². The van der Waals surface area contributed by atoms with Crippen molar-refractivity contribution in [2.75, 3.05) is 19.8 Å². The minimum atomic E-state index is -0.175. The van der Waals surface area contributed by atoms with Crippen LogP contribution in [-0.2, 0) is 0 Å². The van der Waals surface area contributed by atoms with Gasteiger partial charge in [-0.25, -0.2) is 0 Å².